The first-order chi connectivity index (χ1) is 16.2. The molecule has 0 bridgehead atoms. The summed E-state index contributed by atoms with van der Waals surface area (Å²) in [6.07, 6.45) is 3.85. The standard InChI is InChI=1S/C27H28N4O2/c1-19(20-11-4-3-5-12-20)28-27(32)31-18-10-15-23(31)26-29-25(22-14-8-9-17-30(22)26)21-13-6-7-16-24(21)33-2/h3-9,11-14,16-17,19,23H,10,15,18H2,1-2H3,(H,28,32)/t19?,23-/m1/s1. The number of para-hydroxylation sites is 1. The number of benzene rings is 2. The monoisotopic (exact) mass is 440 g/mol. The van der Waals surface area contributed by atoms with Crippen LogP contribution in [-0.4, -0.2) is 34.0 Å². The molecule has 1 fully saturated rings. The van der Waals surface area contributed by atoms with Gasteiger partial charge in [-0.2, -0.15) is 0 Å². The van der Waals surface area contributed by atoms with E-state index in [1.165, 1.54) is 0 Å². The highest BCUT2D eigenvalue weighted by molar-refractivity contribution is 5.82. The molecule has 6 heteroatoms. The zero-order valence-electron chi connectivity index (χ0n) is 18.9. The number of nitrogens with one attached hydrogen (secondary N) is 1. The number of imidazole rings is 1. The molecule has 2 aromatic heterocycles. The van der Waals surface area contributed by atoms with Crippen molar-refractivity contribution in [2.24, 2.45) is 0 Å². The fraction of sp³-hybridized carbons (Fsp3) is 0.259. The van der Waals surface area contributed by atoms with E-state index in [2.05, 4.69) is 15.8 Å². The predicted molar refractivity (Wildman–Crippen MR) is 129 cm³/mol. The van der Waals surface area contributed by atoms with E-state index in [0.29, 0.717) is 6.54 Å². The van der Waals surface area contributed by atoms with Crippen LogP contribution in [0.1, 0.15) is 43.2 Å². The number of nitrogens with zero attached hydrogens (tertiary/aromatic N) is 3. The fourth-order valence-corrected chi connectivity index (χ4v) is 4.71. The number of carbonyl (C=O) groups excluding carboxylic acids is 1. The van der Waals surface area contributed by atoms with Crippen LogP contribution in [0, 0.1) is 0 Å². The summed E-state index contributed by atoms with van der Waals surface area (Å²) < 4.78 is 7.71. The average Bonchev–Trinajstić information content (AvgIpc) is 3.49. The Hall–Kier alpha value is -3.80. The minimum absolute atomic E-state index is 0.0552. The van der Waals surface area contributed by atoms with Gasteiger partial charge in [-0.1, -0.05) is 48.5 Å². The van der Waals surface area contributed by atoms with E-state index in [1.807, 2.05) is 84.8 Å². The SMILES string of the molecule is COc1ccccc1-c1nc([C@H]2CCCN2C(=O)NC(C)c2ccccc2)n2ccccc12. The van der Waals surface area contributed by atoms with Crippen molar-refractivity contribution in [1.29, 1.82) is 0 Å². The first-order valence-corrected chi connectivity index (χ1v) is 11.4. The summed E-state index contributed by atoms with van der Waals surface area (Å²) in [6, 6.07) is 23.8. The zero-order valence-corrected chi connectivity index (χ0v) is 18.9. The average molecular weight is 441 g/mol. The first-order valence-electron chi connectivity index (χ1n) is 11.4. The Balaban J connectivity index is 1.49. The van der Waals surface area contributed by atoms with Gasteiger partial charge >= 0.3 is 6.03 Å². The first kappa shape index (κ1) is 21.1. The Morgan fingerprint density at radius 3 is 2.64 bits per heavy atom. The summed E-state index contributed by atoms with van der Waals surface area (Å²) in [5, 5.41) is 3.17. The summed E-state index contributed by atoms with van der Waals surface area (Å²) in [4.78, 5) is 20.3. The van der Waals surface area contributed by atoms with Gasteiger partial charge in [0.05, 0.1) is 24.7 Å². The second kappa shape index (κ2) is 8.98. The zero-order chi connectivity index (χ0) is 22.8. The molecule has 5 rings (SSSR count). The maximum Gasteiger partial charge on any atom is 0.318 e. The van der Waals surface area contributed by atoms with Crippen LogP contribution in [-0.2, 0) is 0 Å². The van der Waals surface area contributed by atoms with E-state index in [0.717, 1.165) is 46.8 Å². The maximum atomic E-state index is 13.3. The van der Waals surface area contributed by atoms with Crippen LogP contribution in [0.15, 0.2) is 79.0 Å². The highest BCUT2D eigenvalue weighted by Crippen LogP contribution is 2.37. The molecule has 1 aliphatic rings. The van der Waals surface area contributed by atoms with Gasteiger partial charge in [0.15, 0.2) is 0 Å². The molecule has 0 saturated carbocycles. The Bertz CT molecular complexity index is 1270. The summed E-state index contributed by atoms with van der Waals surface area (Å²) in [5.41, 5.74) is 3.91. The number of rotatable bonds is 5. The van der Waals surface area contributed by atoms with Gasteiger partial charge in [0.2, 0.25) is 0 Å². The molecule has 0 aliphatic carbocycles. The minimum atomic E-state index is -0.0914. The van der Waals surface area contributed by atoms with Crippen LogP contribution in [0.2, 0.25) is 0 Å². The third-order valence-corrected chi connectivity index (χ3v) is 6.39. The van der Waals surface area contributed by atoms with Gasteiger partial charge in [-0.25, -0.2) is 9.78 Å². The molecule has 168 valence electrons. The van der Waals surface area contributed by atoms with Crippen LogP contribution in [0.25, 0.3) is 16.8 Å². The number of hydrogen-bond donors (Lipinski definition) is 1. The number of likely N-dealkylation sites (tertiary alicyclic amines) is 1. The Kier molecular flexibility index (Phi) is 5.73. The van der Waals surface area contributed by atoms with Crippen molar-refractivity contribution < 1.29 is 9.53 Å². The third kappa shape index (κ3) is 3.93. The molecule has 1 saturated heterocycles. The van der Waals surface area contributed by atoms with Crippen LogP contribution in [0.4, 0.5) is 4.79 Å². The van der Waals surface area contributed by atoms with Crippen LogP contribution < -0.4 is 10.1 Å². The molecule has 1 unspecified atom stereocenters. The van der Waals surface area contributed by atoms with Crippen LogP contribution >= 0.6 is 0 Å². The van der Waals surface area contributed by atoms with E-state index in [-0.39, 0.29) is 18.1 Å². The topological polar surface area (TPSA) is 58.9 Å². The van der Waals surface area contributed by atoms with Gasteiger partial charge in [-0.15, -0.1) is 0 Å². The molecule has 33 heavy (non-hydrogen) atoms. The molecule has 1 aliphatic heterocycles. The van der Waals surface area contributed by atoms with E-state index < -0.39 is 0 Å². The summed E-state index contributed by atoms with van der Waals surface area (Å²) in [6.45, 7) is 2.73. The van der Waals surface area contributed by atoms with Crippen molar-refractivity contribution in [3.63, 3.8) is 0 Å². The van der Waals surface area contributed by atoms with E-state index in [9.17, 15) is 4.79 Å². The van der Waals surface area contributed by atoms with Crippen molar-refractivity contribution in [3.8, 4) is 17.0 Å². The molecule has 0 spiro atoms. The minimum Gasteiger partial charge on any atom is -0.496 e. The molecule has 6 nitrogen and oxygen atoms in total. The Labute approximate surface area is 193 Å². The van der Waals surface area contributed by atoms with Crippen molar-refractivity contribution in [1.82, 2.24) is 19.6 Å². The van der Waals surface area contributed by atoms with Gasteiger partial charge in [0.1, 0.15) is 17.3 Å². The van der Waals surface area contributed by atoms with Crippen molar-refractivity contribution in [2.45, 2.75) is 31.8 Å². The molecule has 4 aromatic rings. The number of pyridine rings is 1. The Morgan fingerprint density at radius 2 is 1.82 bits per heavy atom. The summed E-state index contributed by atoms with van der Waals surface area (Å²) in [5.74, 6) is 1.66. The molecule has 1 N–H and O–H groups in total. The smallest absolute Gasteiger partial charge is 0.318 e. The van der Waals surface area contributed by atoms with E-state index >= 15 is 0 Å². The quantitative estimate of drug-likeness (QED) is 0.438. The lowest BCUT2D eigenvalue weighted by Crippen LogP contribution is -2.41. The molecule has 2 aromatic carbocycles. The normalized spacial score (nSPS) is 16.7. The summed E-state index contributed by atoms with van der Waals surface area (Å²) in [7, 11) is 1.68. The lowest BCUT2D eigenvalue weighted by Gasteiger charge is -2.26. The second-order valence-corrected chi connectivity index (χ2v) is 8.41. The Morgan fingerprint density at radius 1 is 1.06 bits per heavy atom. The highest BCUT2D eigenvalue weighted by atomic mass is 16.5. The number of methoxy groups -OCH3 is 1. The van der Waals surface area contributed by atoms with Gasteiger partial charge in [-0.3, -0.25) is 0 Å². The lowest BCUT2D eigenvalue weighted by molar-refractivity contribution is 0.187. The molecule has 0 radical (unpaired) electrons. The number of aromatic nitrogens is 2. The van der Waals surface area contributed by atoms with Crippen molar-refractivity contribution in [3.05, 3.63) is 90.4 Å². The molecule has 2 amide bonds. The van der Waals surface area contributed by atoms with Gasteiger partial charge in [-0.05, 0) is 49.6 Å². The van der Waals surface area contributed by atoms with Crippen molar-refractivity contribution >= 4 is 11.5 Å². The van der Waals surface area contributed by atoms with Gasteiger partial charge in [0, 0.05) is 18.3 Å². The predicted octanol–water partition coefficient (Wildman–Crippen LogP) is 5.62. The number of carbonyl (C=O) groups is 1. The fourth-order valence-electron chi connectivity index (χ4n) is 4.71. The molecule has 3 heterocycles. The largest absolute Gasteiger partial charge is 0.496 e. The van der Waals surface area contributed by atoms with Crippen LogP contribution in [0.5, 0.6) is 5.75 Å². The molecule has 2 atom stereocenters. The van der Waals surface area contributed by atoms with Gasteiger partial charge < -0.3 is 19.4 Å². The number of amides is 2. The lowest BCUT2D eigenvalue weighted by atomic mass is 10.1. The number of fused-ring (bicyclic) bond motifs is 1. The van der Waals surface area contributed by atoms with Crippen molar-refractivity contribution in [2.75, 3.05) is 13.7 Å². The molecular formula is C27H28N4O2. The molecular weight excluding hydrogens is 412 g/mol. The third-order valence-electron chi connectivity index (χ3n) is 6.39. The van der Waals surface area contributed by atoms with E-state index in [4.69, 9.17) is 9.72 Å². The number of ether oxygens (including phenoxy) is 1. The summed E-state index contributed by atoms with van der Waals surface area (Å²) >= 11 is 0. The van der Waals surface area contributed by atoms with E-state index in [1.54, 1.807) is 7.11 Å². The second-order valence-electron chi connectivity index (χ2n) is 8.41. The van der Waals surface area contributed by atoms with Crippen LogP contribution in [0.3, 0.4) is 0 Å². The number of urea groups is 1. The highest BCUT2D eigenvalue weighted by Gasteiger charge is 2.34. The number of hydrogen-bond acceptors (Lipinski definition) is 3. The maximum absolute atomic E-state index is 13.3. The van der Waals surface area contributed by atoms with Gasteiger partial charge in [0.25, 0.3) is 0 Å².